The van der Waals surface area contributed by atoms with Gasteiger partial charge in [0.25, 0.3) is 11.8 Å². The Hall–Kier alpha value is -2.53. The number of benzene rings is 1. The summed E-state index contributed by atoms with van der Waals surface area (Å²) in [5, 5.41) is 0.605. The van der Waals surface area contributed by atoms with Crippen LogP contribution in [0.1, 0.15) is 5.76 Å². The number of carbonyl (C=O) groups excluding carboxylic acids is 2. The summed E-state index contributed by atoms with van der Waals surface area (Å²) in [6.07, 6.45) is 1.39. The Bertz CT molecular complexity index is 716. The number of halogens is 1. The van der Waals surface area contributed by atoms with Crippen molar-refractivity contribution in [3.63, 3.8) is 0 Å². The van der Waals surface area contributed by atoms with Gasteiger partial charge in [-0.2, -0.15) is 0 Å². The van der Waals surface area contributed by atoms with Crippen LogP contribution in [-0.4, -0.2) is 11.8 Å². The molecular formula is C14H9ClN2O3. The maximum absolute atomic E-state index is 11.4. The van der Waals surface area contributed by atoms with Gasteiger partial charge in [-0.1, -0.05) is 23.7 Å². The first-order chi connectivity index (χ1) is 9.63. The smallest absolute Gasteiger partial charge is 0.275 e. The van der Waals surface area contributed by atoms with E-state index in [0.29, 0.717) is 16.5 Å². The predicted molar refractivity (Wildman–Crippen MR) is 73.4 cm³/mol. The fraction of sp³-hybridized carbons (Fsp3) is 0. The van der Waals surface area contributed by atoms with Crippen LogP contribution < -0.4 is 10.9 Å². The van der Waals surface area contributed by atoms with E-state index in [0.717, 1.165) is 5.56 Å². The van der Waals surface area contributed by atoms with Gasteiger partial charge in [0.05, 0.1) is 0 Å². The third-order valence-electron chi connectivity index (χ3n) is 2.80. The monoisotopic (exact) mass is 288 g/mol. The van der Waals surface area contributed by atoms with Crippen LogP contribution in [0.25, 0.3) is 17.4 Å². The third kappa shape index (κ3) is 2.31. The number of nitrogens with one attached hydrogen (secondary N) is 2. The van der Waals surface area contributed by atoms with Gasteiger partial charge in [0, 0.05) is 10.6 Å². The Morgan fingerprint density at radius 2 is 1.80 bits per heavy atom. The Kier molecular flexibility index (Phi) is 3.04. The number of carbonyl (C=O) groups is 2. The number of furan rings is 1. The molecule has 1 saturated heterocycles. The average molecular weight is 289 g/mol. The van der Waals surface area contributed by atoms with Gasteiger partial charge in [-0.3, -0.25) is 20.4 Å². The van der Waals surface area contributed by atoms with Crippen molar-refractivity contribution in [1.82, 2.24) is 10.9 Å². The van der Waals surface area contributed by atoms with Gasteiger partial charge in [0.2, 0.25) is 0 Å². The van der Waals surface area contributed by atoms with Gasteiger partial charge in [0.15, 0.2) is 0 Å². The van der Waals surface area contributed by atoms with E-state index >= 15 is 0 Å². The van der Waals surface area contributed by atoms with Gasteiger partial charge in [-0.15, -0.1) is 0 Å². The maximum Gasteiger partial charge on any atom is 0.275 e. The van der Waals surface area contributed by atoms with E-state index in [1.54, 1.807) is 24.3 Å². The van der Waals surface area contributed by atoms with Crippen LogP contribution >= 0.6 is 11.6 Å². The number of amides is 2. The van der Waals surface area contributed by atoms with E-state index in [1.165, 1.54) is 6.08 Å². The standard InChI is InChI=1S/C14H9ClN2O3/c15-9-3-1-2-8(6-9)12-5-4-10(20-12)7-11-13(18)16-17-14(11)19/h1-7H,(H,16,18)(H,17,19). The Morgan fingerprint density at radius 1 is 1.05 bits per heavy atom. The quantitative estimate of drug-likeness (QED) is 0.657. The molecule has 0 atom stereocenters. The minimum absolute atomic E-state index is 0.0111. The van der Waals surface area contributed by atoms with Gasteiger partial charge < -0.3 is 4.42 Å². The molecule has 1 aromatic heterocycles. The van der Waals surface area contributed by atoms with Gasteiger partial charge in [0.1, 0.15) is 17.1 Å². The number of hydrogen-bond donors (Lipinski definition) is 2. The normalized spacial score (nSPS) is 14.2. The highest BCUT2D eigenvalue weighted by molar-refractivity contribution is 6.30. The summed E-state index contributed by atoms with van der Waals surface area (Å²) in [6, 6.07) is 10.6. The Labute approximate surface area is 119 Å². The lowest BCUT2D eigenvalue weighted by Gasteiger charge is -1.97. The minimum atomic E-state index is -0.476. The molecule has 0 bridgehead atoms. The van der Waals surface area contributed by atoms with E-state index < -0.39 is 11.8 Å². The molecule has 5 nitrogen and oxygen atoms in total. The second-order valence-electron chi connectivity index (χ2n) is 4.18. The molecule has 0 spiro atoms. The van der Waals surface area contributed by atoms with Crippen molar-refractivity contribution in [2.24, 2.45) is 0 Å². The fourth-order valence-corrected chi connectivity index (χ4v) is 2.04. The summed E-state index contributed by atoms with van der Waals surface area (Å²) in [6.45, 7) is 0. The van der Waals surface area contributed by atoms with Gasteiger partial charge in [-0.25, -0.2) is 0 Å². The summed E-state index contributed by atoms with van der Waals surface area (Å²) in [5.74, 6) is 0.0757. The molecule has 2 N–H and O–H groups in total. The first kappa shape index (κ1) is 12.5. The summed E-state index contributed by atoms with van der Waals surface area (Å²) < 4.78 is 5.59. The zero-order chi connectivity index (χ0) is 14.1. The topological polar surface area (TPSA) is 71.3 Å². The van der Waals surface area contributed by atoms with Crippen molar-refractivity contribution in [3.8, 4) is 11.3 Å². The van der Waals surface area contributed by atoms with Gasteiger partial charge in [-0.05, 0) is 30.3 Å². The molecule has 1 aliphatic heterocycles. The third-order valence-corrected chi connectivity index (χ3v) is 3.04. The lowest BCUT2D eigenvalue weighted by molar-refractivity contribution is -0.117. The highest BCUT2D eigenvalue weighted by Gasteiger charge is 2.25. The molecule has 0 radical (unpaired) electrons. The van der Waals surface area contributed by atoms with Crippen molar-refractivity contribution >= 4 is 29.5 Å². The van der Waals surface area contributed by atoms with Gasteiger partial charge >= 0.3 is 0 Å². The SMILES string of the molecule is O=C1NNC(=O)C1=Cc1ccc(-c2cccc(Cl)c2)o1. The van der Waals surface area contributed by atoms with E-state index in [1.807, 2.05) is 12.1 Å². The molecular weight excluding hydrogens is 280 g/mol. The molecule has 0 saturated carbocycles. The van der Waals surface area contributed by atoms with E-state index in [-0.39, 0.29) is 5.57 Å². The van der Waals surface area contributed by atoms with Crippen LogP contribution in [0.3, 0.4) is 0 Å². The molecule has 1 aliphatic rings. The Morgan fingerprint density at radius 3 is 2.50 bits per heavy atom. The molecule has 1 aromatic carbocycles. The Balaban J connectivity index is 1.93. The number of rotatable bonds is 2. The van der Waals surface area contributed by atoms with Crippen molar-refractivity contribution in [2.75, 3.05) is 0 Å². The second-order valence-corrected chi connectivity index (χ2v) is 4.62. The largest absolute Gasteiger partial charge is 0.457 e. The van der Waals surface area contributed by atoms with Crippen LogP contribution in [-0.2, 0) is 9.59 Å². The zero-order valence-electron chi connectivity index (χ0n) is 10.1. The highest BCUT2D eigenvalue weighted by atomic mass is 35.5. The van der Waals surface area contributed by atoms with Crippen LogP contribution in [0.2, 0.25) is 5.02 Å². The van der Waals surface area contributed by atoms with E-state index in [2.05, 4.69) is 10.9 Å². The molecule has 3 rings (SSSR count). The molecule has 100 valence electrons. The van der Waals surface area contributed by atoms with Crippen LogP contribution in [0.4, 0.5) is 0 Å². The molecule has 1 fully saturated rings. The zero-order valence-corrected chi connectivity index (χ0v) is 10.9. The first-order valence-electron chi connectivity index (χ1n) is 5.81. The van der Waals surface area contributed by atoms with Crippen molar-refractivity contribution in [3.05, 3.63) is 52.8 Å². The van der Waals surface area contributed by atoms with Crippen molar-refractivity contribution in [2.45, 2.75) is 0 Å². The fourth-order valence-electron chi connectivity index (χ4n) is 1.85. The summed E-state index contributed by atoms with van der Waals surface area (Å²) in [7, 11) is 0. The molecule has 2 aromatic rings. The predicted octanol–water partition coefficient (Wildman–Crippen LogP) is 2.14. The molecule has 0 unspecified atom stereocenters. The lowest BCUT2D eigenvalue weighted by atomic mass is 10.2. The van der Waals surface area contributed by atoms with Crippen molar-refractivity contribution in [1.29, 1.82) is 0 Å². The molecule has 6 heteroatoms. The molecule has 2 amide bonds. The van der Waals surface area contributed by atoms with E-state index in [4.69, 9.17) is 16.0 Å². The first-order valence-corrected chi connectivity index (χ1v) is 6.19. The molecule has 20 heavy (non-hydrogen) atoms. The number of hydrazine groups is 1. The van der Waals surface area contributed by atoms with Crippen LogP contribution in [0.5, 0.6) is 0 Å². The molecule has 0 aliphatic carbocycles. The maximum atomic E-state index is 11.4. The van der Waals surface area contributed by atoms with E-state index in [9.17, 15) is 9.59 Å². The minimum Gasteiger partial charge on any atom is -0.457 e. The summed E-state index contributed by atoms with van der Waals surface area (Å²) in [4.78, 5) is 22.8. The van der Waals surface area contributed by atoms with Crippen LogP contribution in [0, 0.1) is 0 Å². The average Bonchev–Trinajstić information content (AvgIpc) is 3.01. The number of hydrogen-bond acceptors (Lipinski definition) is 3. The second kappa shape index (κ2) is 4.86. The molecule has 2 heterocycles. The van der Waals surface area contributed by atoms with Crippen molar-refractivity contribution < 1.29 is 14.0 Å². The highest BCUT2D eigenvalue weighted by Crippen LogP contribution is 2.25. The lowest BCUT2D eigenvalue weighted by Crippen LogP contribution is -2.28. The summed E-state index contributed by atoms with van der Waals surface area (Å²) in [5.41, 5.74) is 5.27. The van der Waals surface area contributed by atoms with Crippen LogP contribution in [0.15, 0.2) is 46.4 Å². The summed E-state index contributed by atoms with van der Waals surface area (Å²) >= 11 is 5.92.